The largest absolute Gasteiger partial charge is 0.416 e. The Kier molecular flexibility index (Phi) is 3.45. The van der Waals surface area contributed by atoms with Crippen molar-refractivity contribution >= 4 is 6.08 Å². The molecule has 1 aliphatic rings. The Morgan fingerprint density at radius 3 is 2.37 bits per heavy atom. The molecule has 0 amide bonds. The van der Waals surface area contributed by atoms with Crippen LogP contribution in [0.5, 0.6) is 0 Å². The highest BCUT2D eigenvalue weighted by molar-refractivity contribution is 5.42. The molecule has 1 saturated carbocycles. The SMILES string of the molecule is O=C=NC1(c2ccc(F)cc2C(F)(F)F)CCCC1. The standard InChI is InChI=1S/C13H11F4NO/c14-9-3-4-10(11(7-9)13(15,16)17)12(18-8-19)5-1-2-6-12/h3-4,7H,1-2,5-6H2. The lowest BCUT2D eigenvalue weighted by atomic mass is 9.85. The summed E-state index contributed by atoms with van der Waals surface area (Å²) in [5.41, 5.74) is -2.41. The van der Waals surface area contributed by atoms with E-state index in [1.807, 2.05) is 0 Å². The zero-order chi connectivity index (χ0) is 14.1. The highest BCUT2D eigenvalue weighted by Crippen LogP contribution is 2.46. The molecule has 0 atom stereocenters. The molecule has 2 nitrogen and oxygen atoms in total. The van der Waals surface area contributed by atoms with Gasteiger partial charge in [0.05, 0.1) is 11.1 Å². The molecule has 0 aliphatic heterocycles. The van der Waals surface area contributed by atoms with E-state index in [1.54, 1.807) is 0 Å². The van der Waals surface area contributed by atoms with E-state index in [4.69, 9.17) is 0 Å². The molecule has 0 N–H and O–H groups in total. The minimum Gasteiger partial charge on any atom is -0.211 e. The van der Waals surface area contributed by atoms with Gasteiger partial charge in [-0.05, 0) is 30.5 Å². The van der Waals surface area contributed by atoms with Crippen LogP contribution < -0.4 is 0 Å². The molecule has 0 unspecified atom stereocenters. The van der Waals surface area contributed by atoms with Gasteiger partial charge in [0.25, 0.3) is 0 Å². The third-order valence-corrected chi connectivity index (χ3v) is 3.48. The van der Waals surface area contributed by atoms with Gasteiger partial charge in [0.1, 0.15) is 5.82 Å². The Hall–Kier alpha value is -1.68. The summed E-state index contributed by atoms with van der Waals surface area (Å²) >= 11 is 0. The molecule has 0 radical (unpaired) electrons. The summed E-state index contributed by atoms with van der Waals surface area (Å²) in [5, 5.41) is 0. The summed E-state index contributed by atoms with van der Waals surface area (Å²) in [4.78, 5) is 14.1. The predicted octanol–water partition coefficient (Wildman–Crippen LogP) is 3.95. The number of nitrogens with zero attached hydrogens (tertiary/aromatic N) is 1. The molecule has 102 valence electrons. The van der Waals surface area contributed by atoms with Gasteiger partial charge in [-0.25, -0.2) is 9.18 Å². The van der Waals surface area contributed by atoms with Crippen molar-refractivity contribution in [3.05, 3.63) is 35.1 Å². The maximum absolute atomic E-state index is 13.1. The van der Waals surface area contributed by atoms with E-state index in [0.717, 1.165) is 12.1 Å². The van der Waals surface area contributed by atoms with Crippen LogP contribution >= 0.6 is 0 Å². The number of halogens is 4. The van der Waals surface area contributed by atoms with E-state index < -0.39 is 23.1 Å². The smallest absolute Gasteiger partial charge is 0.211 e. The van der Waals surface area contributed by atoms with Crippen molar-refractivity contribution in [3.63, 3.8) is 0 Å². The van der Waals surface area contributed by atoms with Crippen molar-refractivity contribution in [3.8, 4) is 0 Å². The van der Waals surface area contributed by atoms with Crippen LogP contribution in [0.25, 0.3) is 0 Å². The zero-order valence-electron chi connectivity index (χ0n) is 9.93. The summed E-state index contributed by atoms with van der Waals surface area (Å²) in [5.74, 6) is -0.959. The lowest BCUT2D eigenvalue weighted by molar-refractivity contribution is -0.139. The molecular weight excluding hydrogens is 262 g/mol. The van der Waals surface area contributed by atoms with Gasteiger partial charge in [-0.2, -0.15) is 18.2 Å². The summed E-state index contributed by atoms with van der Waals surface area (Å²) in [6.45, 7) is 0. The fourth-order valence-electron chi connectivity index (χ4n) is 2.65. The number of carbonyl (C=O) groups excluding carboxylic acids is 1. The molecule has 1 fully saturated rings. The molecule has 6 heteroatoms. The van der Waals surface area contributed by atoms with Crippen molar-refractivity contribution in [2.24, 2.45) is 4.99 Å². The van der Waals surface area contributed by atoms with E-state index in [-0.39, 0.29) is 5.56 Å². The average molecular weight is 273 g/mol. The Balaban J connectivity index is 2.64. The van der Waals surface area contributed by atoms with Gasteiger partial charge in [0.15, 0.2) is 0 Å². The molecule has 0 spiro atoms. The molecule has 0 aromatic heterocycles. The number of isocyanates is 1. The van der Waals surface area contributed by atoms with Crippen LogP contribution in [-0.2, 0) is 16.5 Å². The average Bonchev–Trinajstić information content (AvgIpc) is 2.78. The Labute approximate surface area is 107 Å². The van der Waals surface area contributed by atoms with E-state index in [9.17, 15) is 22.4 Å². The monoisotopic (exact) mass is 273 g/mol. The third-order valence-electron chi connectivity index (χ3n) is 3.48. The Bertz CT molecular complexity index is 526. The first-order valence-corrected chi connectivity index (χ1v) is 5.85. The first-order chi connectivity index (χ1) is 8.89. The van der Waals surface area contributed by atoms with Gasteiger partial charge in [-0.1, -0.05) is 18.9 Å². The van der Waals surface area contributed by atoms with E-state index in [1.165, 1.54) is 6.08 Å². The normalized spacial score (nSPS) is 18.1. The van der Waals surface area contributed by atoms with Gasteiger partial charge in [-0.3, -0.25) is 0 Å². The molecule has 0 saturated heterocycles. The maximum atomic E-state index is 13.1. The number of aliphatic imine (C=N–C) groups is 1. The Morgan fingerprint density at radius 1 is 1.21 bits per heavy atom. The molecular formula is C13H11F4NO. The molecule has 0 heterocycles. The highest BCUT2D eigenvalue weighted by atomic mass is 19.4. The van der Waals surface area contributed by atoms with Crippen LogP contribution in [0.4, 0.5) is 17.6 Å². The molecule has 19 heavy (non-hydrogen) atoms. The van der Waals surface area contributed by atoms with Gasteiger partial charge in [0.2, 0.25) is 6.08 Å². The Morgan fingerprint density at radius 2 is 1.84 bits per heavy atom. The van der Waals surface area contributed by atoms with Gasteiger partial charge < -0.3 is 0 Å². The number of rotatable bonds is 2. The topological polar surface area (TPSA) is 29.4 Å². The van der Waals surface area contributed by atoms with Crippen LogP contribution in [-0.4, -0.2) is 6.08 Å². The van der Waals surface area contributed by atoms with Crippen molar-refractivity contribution < 1.29 is 22.4 Å². The maximum Gasteiger partial charge on any atom is 0.416 e. The summed E-state index contributed by atoms with van der Waals surface area (Å²) in [7, 11) is 0. The second-order valence-electron chi connectivity index (χ2n) is 4.63. The van der Waals surface area contributed by atoms with E-state index in [2.05, 4.69) is 4.99 Å². The zero-order valence-corrected chi connectivity index (χ0v) is 9.93. The molecule has 1 aromatic rings. The molecule has 0 bridgehead atoms. The number of hydrogen-bond acceptors (Lipinski definition) is 2. The van der Waals surface area contributed by atoms with Crippen molar-refractivity contribution in [2.45, 2.75) is 37.4 Å². The van der Waals surface area contributed by atoms with Crippen LogP contribution in [0.1, 0.15) is 36.8 Å². The number of alkyl halides is 3. The number of hydrogen-bond donors (Lipinski definition) is 0. The molecule has 1 aliphatic carbocycles. The summed E-state index contributed by atoms with van der Waals surface area (Å²) in [6, 6.07) is 2.49. The fraction of sp³-hybridized carbons (Fsp3) is 0.462. The van der Waals surface area contributed by atoms with Crippen molar-refractivity contribution in [1.82, 2.24) is 0 Å². The predicted molar refractivity (Wildman–Crippen MR) is 59.7 cm³/mol. The lowest BCUT2D eigenvalue weighted by Crippen LogP contribution is -2.24. The fourth-order valence-corrected chi connectivity index (χ4v) is 2.65. The highest BCUT2D eigenvalue weighted by Gasteiger charge is 2.43. The van der Waals surface area contributed by atoms with E-state index >= 15 is 0 Å². The summed E-state index contributed by atoms with van der Waals surface area (Å²) in [6.07, 6.45) is -1.27. The number of benzene rings is 1. The van der Waals surface area contributed by atoms with Crippen LogP contribution in [0.3, 0.4) is 0 Å². The second-order valence-corrected chi connectivity index (χ2v) is 4.63. The summed E-state index contributed by atoms with van der Waals surface area (Å²) < 4.78 is 52.0. The quantitative estimate of drug-likeness (QED) is 0.456. The van der Waals surface area contributed by atoms with Gasteiger partial charge in [0, 0.05) is 0 Å². The van der Waals surface area contributed by atoms with Crippen molar-refractivity contribution in [1.29, 1.82) is 0 Å². The van der Waals surface area contributed by atoms with Gasteiger partial charge in [-0.15, -0.1) is 0 Å². The molecule has 1 aromatic carbocycles. The van der Waals surface area contributed by atoms with Crippen LogP contribution in [0, 0.1) is 5.82 Å². The molecule has 2 rings (SSSR count). The van der Waals surface area contributed by atoms with Crippen LogP contribution in [0.2, 0.25) is 0 Å². The van der Waals surface area contributed by atoms with Crippen molar-refractivity contribution in [2.75, 3.05) is 0 Å². The van der Waals surface area contributed by atoms with Gasteiger partial charge >= 0.3 is 6.18 Å². The lowest BCUT2D eigenvalue weighted by Gasteiger charge is -2.26. The van der Waals surface area contributed by atoms with Crippen LogP contribution in [0.15, 0.2) is 23.2 Å². The first kappa shape index (κ1) is 13.7. The van der Waals surface area contributed by atoms with E-state index in [0.29, 0.717) is 31.7 Å². The third kappa shape index (κ3) is 2.54. The minimum atomic E-state index is -4.68. The first-order valence-electron chi connectivity index (χ1n) is 5.85. The second kappa shape index (κ2) is 4.78. The minimum absolute atomic E-state index is 0.137.